The van der Waals surface area contributed by atoms with E-state index in [1.807, 2.05) is 24.4 Å². The zero-order chi connectivity index (χ0) is 17.2. The maximum absolute atomic E-state index is 6.16. The molecule has 4 heterocycles. The Labute approximate surface area is 154 Å². The molecule has 0 N–H and O–H groups in total. The smallest absolute Gasteiger partial charge is 0.178 e. The van der Waals surface area contributed by atoms with Crippen LogP contribution < -0.4 is 0 Å². The quantitative estimate of drug-likeness (QED) is 0.657. The number of nitrogens with zero attached hydrogens (tertiary/aromatic N) is 6. The van der Waals surface area contributed by atoms with Crippen molar-refractivity contribution < 1.29 is 0 Å². The fraction of sp³-hybridized carbons (Fsp3) is 0.235. The minimum Gasteiger partial charge on any atom is -0.293 e. The van der Waals surface area contributed by atoms with E-state index in [0.29, 0.717) is 29.2 Å². The summed E-state index contributed by atoms with van der Waals surface area (Å²) in [6, 6.07) is 5.71. The van der Waals surface area contributed by atoms with Gasteiger partial charge in [0.05, 0.1) is 5.69 Å². The summed E-state index contributed by atoms with van der Waals surface area (Å²) in [6.07, 6.45) is 5.88. The molecule has 4 rings (SSSR count). The molecule has 6 nitrogen and oxygen atoms in total. The monoisotopic (exact) mass is 372 g/mol. The van der Waals surface area contributed by atoms with E-state index in [1.165, 1.54) is 6.33 Å². The van der Waals surface area contributed by atoms with Crippen molar-refractivity contribution in [2.75, 3.05) is 6.54 Å². The molecular formula is C17H14Cl2N6. The Kier molecular flexibility index (Phi) is 4.57. The van der Waals surface area contributed by atoms with Crippen LogP contribution in [0.4, 0.5) is 0 Å². The van der Waals surface area contributed by atoms with Crippen LogP contribution in [0.15, 0.2) is 36.9 Å². The average Bonchev–Trinajstić information content (AvgIpc) is 2.65. The van der Waals surface area contributed by atoms with Crippen molar-refractivity contribution in [3.63, 3.8) is 0 Å². The van der Waals surface area contributed by atoms with Crippen molar-refractivity contribution in [1.29, 1.82) is 0 Å². The van der Waals surface area contributed by atoms with Crippen molar-refractivity contribution in [3.8, 4) is 11.5 Å². The molecule has 1 aliphatic rings. The molecule has 0 amide bonds. The number of pyridine rings is 1. The molecule has 3 aromatic heterocycles. The predicted molar refractivity (Wildman–Crippen MR) is 95.1 cm³/mol. The molecule has 0 aromatic carbocycles. The molecule has 25 heavy (non-hydrogen) atoms. The van der Waals surface area contributed by atoms with Gasteiger partial charge in [-0.05, 0) is 24.1 Å². The van der Waals surface area contributed by atoms with E-state index in [-0.39, 0.29) is 0 Å². The van der Waals surface area contributed by atoms with Crippen molar-refractivity contribution in [2.24, 2.45) is 0 Å². The third-order valence-corrected chi connectivity index (χ3v) is 4.79. The highest BCUT2D eigenvalue weighted by molar-refractivity contribution is 6.34. The van der Waals surface area contributed by atoms with Gasteiger partial charge in [0.1, 0.15) is 22.3 Å². The first-order valence-electron chi connectivity index (χ1n) is 7.84. The number of hydrogen-bond acceptors (Lipinski definition) is 6. The number of aromatic nitrogens is 5. The minimum atomic E-state index is 0.391. The van der Waals surface area contributed by atoms with E-state index in [2.05, 4.69) is 24.8 Å². The molecular weight excluding hydrogens is 359 g/mol. The zero-order valence-corrected chi connectivity index (χ0v) is 14.7. The second kappa shape index (κ2) is 7.00. The van der Waals surface area contributed by atoms with Crippen LogP contribution in [0.5, 0.6) is 0 Å². The van der Waals surface area contributed by atoms with Gasteiger partial charge < -0.3 is 0 Å². The van der Waals surface area contributed by atoms with E-state index in [1.54, 1.807) is 6.20 Å². The molecule has 0 fully saturated rings. The molecule has 0 unspecified atom stereocenters. The number of fused-ring (bicyclic) bond motifs is 1. The maximum Gasteiger partial charge on any atom is 0.178 e. The molecule has 0 aliphatic carbocycles. The molecule has 0 saturated heterocycles. The van der Waals surface area contributed by atoms with Crippen molar-refractivity contribution in [2.45, 2.75) is 19.5 Å². The summed E-state index contributed by atoms with van der Waals surface area (Å²) in [5.74, 6) is 0.639. The van der Waals surface area contributed by atoms with Gasteiger partial charge in [0.25, 0.3) is 0 Å². The highest BCUT2D eigenvalue weighted by Crippen LogP contribution is 2.25. The normalized spacial score (nSPS) is 14.3. The molecule has 0 radical (unpaired) electrons. The van der Waals surface area contributed by atoms with Crippen molar-refractivity contribution in [3.05, 3.63) is 64.0 Å². The Bertz CT molecular complexity index is 883. The van der Waals surface area contributed by atoms with Gasteiger partial charge in [-0.15, -0.1) is 0 Å². The van der Waals surface area contributed by atoms with Crippen molar-refractivity contribution >= 4 is 23.2 Å². The van der Waals surface area contributed by atoms with Crippen LogP contribution >= 0.6 is 23.2 Å². The lowest BCUT2D eigenvalue weighted by Gasteiger charge is -2.28. The van der Waals surface area contributed by atoms with E-state index < -0.39 is 0 Å². The fourth-order valence-electron chi connectivity index (χ4n) is 2.84. The second-order valence-electron chi connectivity index (χ2n) is 5.78. The lowest BCUT2D eigenvalue weighted by molar-refractivity contribution is 0.241. The van der Waals surface area contributed by atoms with Gasteiger partial charge >= 0.3 is 0 Å². The Morgan fingerprint density at radius 2 is 1.88 bits per heavy atom. The van der Waals surface area contributed by atoms with E-state index in [9.17, 15) is 0 Å². The SMILES string of the molecule is Clc1ncnc(Cl)c1CN1CCc2cnc(-c3ccccn3)nc2C1. The van der Waals surface area contributed by atoms with Crippen LogP contribution in [0.2, 0.25) is 10.3 Å². The molecule has 8 heteroatoms. The number of hydrogen-bond donors (Lipinski definition) is 0. The van der Waals surface area contributed by atoms with E-state index in [0.717, 1.165) is 35.5 Å². The van der Waals surface area contributed by atoms with Crippen LogP contribution in [0.3, 0.4) is 0 Å². The average molecular weight is 373 g/mol. The van der Waals surface area contributed by atoms with Crippen LogP contribution in [0.25, 0.3) is 11.5 Å². The van der Waals surface area contributed by atoms with Crippen LogP contribution in [0, 0.1) is 0 Å². The Balaban J connectivity index is 1.58. The summed E-state index contributed by atoms with van der Waals surface area (Å²) in [5.41, 5.74) is 3.68. The topological polar surface area (TPSA) is 67.7 Å². The largest absolute Gasteiger partial charge is 0.293 e. The first-order valence-corrected chi connectivity index (χ1v) is 8.60. The minimum absolute atomic E-state index is 0.391. The van der Waals surface area contributed by atoms with Crippen LogP contribution in [0.1, 0.15) is 16.8 Å². The highest BCUT2D eigenvalue weighted by Gasteiger charge is 2.21. The highest BCUT2D eigenvalue weighted by atomic mass is 35.5. The van der Waals surface area contributed by atoms with E-state index >= 15 is 0 Å². The maximum atomic E-state index is 6.16. The van der Waals surface area contributed by atoms with Gasteiger partial charge in [-0.2, -0.15) is 0 Å². The summed E-state index contributed by atoms with van der Waals surface area (Å²) in [6.45, 7) is 2.15. The van der Waals surface area contributed by atoms with Crippen LogP contribution in [-0.4, -0.2) is 36.4 Å². The second-order valence-corrected chi connectivity index (χ2v) is 6.49. The summed E-state index contributed by atoms with van der Waals surface area (Å²) in [7, 11) is 0. The van der Waals surface area contributed by atoms with Gasteiger partial charge in [0.2, 0.25) is 0 Å². The first kappa shape index (κ1) is 16.3. The fourth-order valence-corrected chi connectivity index (χ4v) is 3.27. The summed E-state index contributed by atoms with van der Waals surface area (Å²) >= 11 is 12.3. The molecule has 0 bridgehead atoms. The number of rotatable bonds is 3. The molecule has 3 aromatic rings. The summed E-state index contributed by atoms with van der Waals surface area (Å²) in [5, 5.41) is 0.783. The van der Waals surface area contributed by atoms with Gasteiger partial charge in [0, 0.05) is 37.6 Å². The molecule has 1 aliphatic heterocycles. The molecule has 0 saturated carbocycles. The van der Waals surface area contributed by atoms with Gasteiger partial charge in [-0.3, -0.25) is 9.88 Å². The Hall–Kier alpha value is -2.15. The first-order chi connectivity index (χ1) is 12.2. The van der Waals surface area contributed by atoms with E-state index in [4.69, 9.17) is 28.2 Å². The van der Waals surface area contributed by atoms with Crippen LogP contribution in [-0.2, 0) is 19.5 Å². The standard InChI is InChI=1S/C17H14Cl2N6/c18-15-12(16(19)23-10-22-15)8-25-6-4-11-7-21-17(24-14(11)9-25)13-3-1-2-5-20-13/h1-3,5,7,10H,4,6,8-9H2. The van der Waals surface area contributed by atoms with Gasteiger partial charge in [-0.1, -0.05) is 29.3 Å². The van der Waals surface area contributed by atoms with Gasteiger partial charge in [0.15, 0.2) is 5.82 Å². The third-order valence-electron chi connectivity index (χ3n) is 4.14. The molecule has 0 atom stereocenters. The lowest BCUT2D eigenvalue weighted by atomic mass is 10.1. The van der Waals surface area contributed by atoms with Gasteiger partial charge in [-0.25, -0.2) is 19.9 Å². The lowest BCUT2D eigenvalue weighted by Crippen LogP contribution is -2.31. The Morgan fingerprint density at radius 3 is 2.64 bits per heavy atom. The summed E-state index contributed by atoms with van der Waals surface area (Å²) in [4.78, 5) is 23.7. The van der Waals surface area contributed by atoms with Crippen molar-refractivity contribution in [1.82, 2.24) is 29.8 Å². The number of halogens is 2. The predicted octanol–water partition coefficient (Wildman–Crippen LogP) is 3.19. The zero-order valence-electron chi connectivity index (χ0n) is 13.2. The Morgan fingerprint density at radius 1 is 1.04 bits per heavy atom. The molecule has 126 valence electrons. The summed E-state index contributed by atoms with van der Waals surface area (Å²) < 4.78 is 0. The molecule has 0 spiro atoms. The third kappa shape index (κ3) is 3.46.